The van der Waals surface area contributed by atoms with Crippen LogP contribution in [0.4, 0.5) is 11.4 Å². The molecule has 0 bridgehead atoms. The van der Waals surface area contributed by atoms with Crippen LogP contribution in [0.15, 0.2) is 42.5 Å². The molecule has 0 radical (unpaired) electrons. The van der Waals surface area contributed by atoms with Crippen molar-refractivity contribution in [3.8, 4) is 5.75 Å². The van der Waals surface area contributed by atoms with Crippen LogP contribution in [0.5, 0.6) is 5.75 Å². The number of rotatable bonds is 5. The van der Waals surface area contributed by atoms with E-state index in [-0.39, 0.29) is 10.6 Å². The summed E-state index contributed by atoms with van der Waals surface area (Å²) in [4.78, 5) is 14.5. The maximum atomic E-state index is 11.2. The average Bonchev–Trinajstić information content (AvgIpc) is 2.62. The Balaban J connectivity index is 1.67. The summed E-state index contributed by atoms with van der Waals surface area (Å²) in [5.74, 6) is 0.930. The van der Waals surface area contributed by atoms with Gasteiger partial charge in [0, 0.05) is 11.6 Å². The van der Waals surface area contributed by atoms with E-state index in [1.165, 1.54) is 16.0 Å². The monoisotopic (exact) mass is 342 g/mol. The number of aryl methyl sites for hydroxylation is 1. The maximum Gasteiger partial charge on any atom is 0.292 e. The van der Waals surface area contributed by atoms with Crippen molar-refractivity contribution in [2.45, 2.75) is 13.5 Å². The van der Waals surface area contributed by atoms with Gasteiger partial charge in [0.25, 0.3) is 5.69 Å². The van der Waals surface area contributed by atoms with Crippen molar-refractivity contribution in [3.63, 3.8) is 0 Å². The number of nitro groups is 1. The zero-order valence-corrected chi connectivity index (χ0v) is 14.7. The van der Waals surface area contributed by atoms with Crippen LogP contribution in [0.25, 0.3) is 0 Å². The highest BCUT2D eigenvalue weighted by atomic mass is 16.6. The Kier molecular flexibility index (Phi) is 5.19. The molecule has 6 heteroatoms. The molecule has 2 aromatic rings. The highest BCUT2D eigenvalue weighted by molar-refractivity contribution is 5.63. The lowest BCUT2D eigenvalue weighted by molar-refractivity contribution is -0.914. The molecule has 0 unspecified atom stereocenters. The summed E-state index contributed by atoms with van der Waals surface area (Å²) < 4.78 is 5.48. The summed E-state index contributed by atoms with van der Waals surface area (Å²) in [6.07, 6.45) is 0. The number of benzene rings is 2. The lowest BCUT2D eigenvalue weighted by atomic mass is 10.1. The van der Waals surface area contributed by atoms with E-state index in [4.69, 9.17) is 4.74 Å². The van der Waals surface area contributed by atoms with Crippen molar-refractivity contribution in [1.82, 2.24) is 0 Å². The summed E-state index contributed by atoms with van der Waals surface area (Å²) >= 11 is 0. The first-order chi connectivity index (χ1) is 12.1. The van der Waals surface area contributed by atoms with E-state index < -0.39 is 0 Å². The number of methoxy groups -OCH3 is 1. The number of piperazine rings is 1. The van der Waals surface area contributed by atoms with Gasteiger partial charge in [-0.25, -0.2) is 0 Å². The van der Waals surface area contributed by atoms with E-state index in [9.17, 15) is 10.1 Å². The number of nitrogens with zero attached hydrogens (tertiary/aromatic N) is 2. The molecule has 0 aliphatic carbocycles. The molecule has 132 valence electrons. The van der Waals surface area contributed by atoms with Gasteiger partial charge in [0.05, 0.1) is 38.2 Å². The number of ether oxygens (including phenoxy) is 1. The predicted octanol–water partition coefficient (Wildman–Crippen LogP) is 1.82. The van der Waals surface area contributed by atoms with E-state index >= 15 is 0 Å². The minimum absolute atomic E-state index is 0.186. The first-order valence-corrected chi connectivity index (χ1v) is 8.54. The molecule has 1 fully saturated rings. The first kappa shape index (κ1) is 17.2. The van der Waals surface area contributed by atoms with E-state index in [0.717, 1.165) is 44.2 Å². The molecule has 1 saturated heterocycles. The molecule has 1 heterocycles. The molecule has 0 atom stereocenters. The van der Waals surface area contributed by atoms with Crippen molar-refractivity contribution in [3.05, 3.63) is 63.7 Å². The summed E-state index contributed by atoms with van der Waals surface area (Å²) in [5.41, 5.74) is 3.36. The first-order valence-electron chi connectivity index (χ1n) is 8.54. The fourth-order valence-electron chi connectivity index (χ4n) is 3.44. The van der Waals surface area contributed by atoms with Crippen LogP contribution >= 0.6 is 0 Å². The number of hydrogen-bond donors (Lipinski definition) is 1. The van der Waals surface area contributed by atoms with E-state index in [2.05, 4.69) is 24.0 Å². The molecular weight excluding hydrogens is 318 g/mol. The molecule has 2 aromatic carbocycles. The van der Waals surface area contributed by atoms with Gasteiger partial charge in [-0.1, -0.05) is 23.8 Å². The van der Waals surface area contributed by atoms with Gasteiger partial charge >= 0.3 is 0 Å². The molecule has 25 heavy (non-hydrogen) atoms. The van der Waals surface area contributed by atoms with Crippen LogP contribution in [-0.4, -0.2) is 38.2 Å². The normalized spacial score (nSPS) is 15.2. The molecule has 0 saturated carbocycles. The van der Waals surface area contributed by atoms with E-state index in [0.29, 0.717) is 0 Å². The standard InChI is InChI=1S/C19H23N3O3/c1-15-7-8-19(25-2)16(13-15)14-20-9-11-21(12-10-20)17-5-3-4-6-18(17)22(23)24/h3-8,13H,9-12,14H2,1-2H3/p+1. The number of para-hydroxylation sites is 2. The molecule has 6 nitrogen and oxygen atoms in total. The van der Waals surface area contributed by atoms with Gasteiger partial charge in [0.15, 0.2) is 0 Å². The average molecular weight is 342 g/mol. The summed E-state index contributed by atoms with van der Waals surface area (Å²) in [7, 11) is 1.70. The van der Waals surface area contributed by atoms with Crippen molar-refractivity contribution >= 4 is 11.4 Å². The SMILES string of the molecule is COc1ccc(C)cc1C[NH+]1CCN(c2ccccc2[N+](=O)[O-])CC1. The van der Waals surface area contributed by atoms with E-state index in [1.54, 1.807) is 19.2 Å². The quantitative estimate of drug-likeness (QED) is 0.665. The summed E-state index contributed by atoms with van der Waals surface area (Å²) in [5, 5.41) is 11.2. The summed E-state index contributed by atoms with van der Waals surface area (Å²) in [6, 6.07) is 13.3. The minimum atomic E-state index is -0.299. The van der Waals surface area contributed by atoms with Crippen LogP contribution in [0.2, 0.25) is 0 Å². The Hall–Kier alpha value is -2.60. The smallest absolute Gasteiger partial charge is 0.292 e. The Labute approximate surface area is 147 Å². The van der Waals surface area contributed by atoms with Crippen LogP contribution in [0.3, 0.4) is 0 Å². The Bertz CT molecular complexity index is 755. The lowest BCUT2D eigenvalue weighted by Gasteiger charge is -2.33. The largest absolute Gasteiger partial charge is 0.496 e. The van der Waals surface area contributed by atoms with Crippen molar-refractivity contribution in [2.75, 3.05) is 38.2 Å². The molecule has 1 aliphatic rings. The van der Waals surface area contributed by atoms with Gasteiger partial charge in [-0.15, -0.1) is 0 Å². The Morgan fingerprint density at radius 1 is 1.20 bits per heavy atom. The topological polar surface area (TPSA) is 60.0 Å². The molecule has 1 N–H and O–H groups in total. The third-order valence-corrected chi connectivity index (χ3v) is 4.77. The number of anilines is 1. The van der Waals surface area contributed by atoms with Gasteiger partial charge in [-0.2, -0.15) is 0 Å². The third kappa shape index (κ3) is 3.91. The van der Waals surface area contributed by atoms with Gasteiger partial charge in [0.2, 0.25) is 0 Å². The van der Waals surface area contributed by atoms with Crippen molar-refractivity contribution in [1.29, 1.82) is 0 Å². The van der Waals surface area contributed by atoms with Crippen LogP contribution in [0.1, 0.15) is 11.1 Å². The number of hydrogen-bond acceptors (Lipinski definition) is 4. The van der Waals surface area contributed by atoms with E-state index in [1.807, 2.05) is 18.2 Å². The Morgan fingerprint density at radius 2 is 1.92 bits per heavy atom. The van der Waals surface area contributed by atoms with Gasteiger partial charge < -0.3 is 14.5 Å². The second kappa shape index (κ2) is 7.53. The lowest BCUT2D eigenvalue weighted by Crippen LogP contribution is -3.13. The molecule has 3 rings (SSSR count). The second-order valence-corrected chi connectivity index (χ2v) is 6.47. The fraction of sp³-hybridized carbons (Fsp3) is 0.368. The van der Waals surface area contributed by atoms with Crippen LogP contribution < -0.4 is 14.5 Å². The van der Waals surface area contributed by atoms with Gasteiger partial charge in [0.1, 0.15) is 18.0 Å². The second-order valence-electron chi connectivity index (χ2n) is 6.47. The van der Waals surface area contributed by atoms with Crippen LogP contribution in [0, 0.1) is 17.0 Å². The predicted molar refractivity (Wildman–Crippen MR) is 97.4 cm³/mol. The summed E-state index contributed by atoms with van der Waals surface area (Å²) in [6.45, 7) is 6.52. The highest BCUT2D eigenvalue weighted by Crippen LogP contribution is 2.27. The number of nitrogens with one attached hydrogen (secondary N) is 1. The molecular formula is C19H24N3O3+. The molecule has 0 spiro atoms. The third-order valence-electron chi connectivity index (χ3n) is 4.77. The molecule has 0 amide bonds. The van der Waals surface area contributed by atoms with Crippen LogP contribution in [-0.2, 0) is 6.54 Å². The maximum absolute atomic E-state index is 11.2. The fourth-order valence-corrected chi connectivity index (χ4v) is 3.44. The van der Waals surface area contributed by atoms with Crippen molar-refractivity contribution < 1.29 is 14.6 Å². The van der Waals surface area contributed by atoms with Gasteiger partial charge in [-0.3, -0.25) is 10.1 Å². The highest BCUT2D eigenvalue weighted by Gasteiger charge is 2.25. The number of quaternary nitrogens is 1. The minimum Gasteiger partial charge on any atom is -0.496 e. The number of nitro benzene ring substituents is 1. The zero-order chi connectivity index (χ0) is 17.8. The zero-order valence-electron chi connectivity index (χ0n) is 14.7. The van der Waals surface area contributed by atoms with Crippen molar-refractivity contribution in [2.24, 2.45) is 0 Å². The molecule has 0 aromatic heterocycles. The molecule has 1 aliphatic heterocycles. The van der Waals surface area contributed by atoms with Gasteiger partial charge in [-0.05, 0) is 25.1 Å². The Morgan fingerprint density at radius 3 is 2.60 bits per heavy atom.